The number of unbranched alkanes of at least 4 members (excludes halogenated alkanes) is 1. The molecule has 0 spiro atoms. The van der Waals surface area contributed by atoms with E-state index in [1.807, 2.05) is 0 Å². The zero-order chi connectivity index (χ0) is 11.8. The second-order valence-corrected chi connectivity index (χ2v) is 5.41. The Hall–Kier alpha value is -0.340. The number of rotatable bonds is 7. The van der Waals surface area contributed by atoms with Gasteiger partial charge in [0, 0.05) is 13.1 Å². The maximum absolute atomic E-state index is 3.50. The summed E-state index contributed by atoms with van der Waals surface area (Å²) in [7, 11) is 0. The summed E-state index contributed by atoms with van der Waals surface area (Å²) in [5, 5.41) is 3.50. The van der Waals surface area contributed by atoms with E-state index in [1.54, 1.807) is 5.57 Å². The van der Waals surface area contributed by atoms with Gasteiger partial charge in [-0.1, -0.05) is 25.5 Å². The molecule has 1 rings (SSSR count). The molecule has 16 heavy (non-hydrogen) atoms. The smallest absolute Gasteiger partial charge is 0.0165 e. The molecule has 1 aliphatic rings. The molecule has 0 saturated carbocycles. The van der Waals surface area contributed by atoms with Gasteiger partial charge in [-0.3, -0.25) is 4.90 Å². The summed E-state index contributed by atoms with van der Waals surface area (Å²) in [5.41, 5.74) is 1.56. The lowest BCUT2D eigenvalue weighted by Crippen LogP contribution is -2.30. The fourth-order valence-corrected chi connectivity index (χ4v) is 1.99. The molecule has 0 amide bonds. The molecule has 0 unspecified atom stereocenters. The third kappa shape index (κ3) is 6.29. The van der Waals surface area contributed by atoms with Crippen molar-refractivity contribution >= 4 is 0 Å². The maximum Gasteiger partial charge on any atom is 0.0165 e. The van der Waals surface area contributed by atoms with E-state index in [1.165, 1.54) is 45.4 Å². The minimum absolute atomic E-state index is 0.773. The number of hydrogen-bond donors (Lipinski definition) is 1. The Bertz CT molecular complexity index is 209. The van der Waals surface area contributed by atoms with Crippen molar-refractivity contribution in [3.63, 3.8) is 0 Å². The van der Waals surface area contributed by atoms with Gasteiger partial charge in [-0.05, 0) is 51.7 Å². The first-order chi connectivity index (χ1) is 7.68. The normalized spacial score (nSPS) is 17.9. The van der Waals surface area contributed by atoms with E-state index < -0.39 is 0 Å². The monoisotopic (exact) mass is 224 g/mol. The largest absolute Gasteiger partial charge is 0.316 e. The van der Waals surface area contributed by atoms with Gasteiger partial charge < -0.3 is 5.32 Å². The maximum atomic E-state index is 3.50. The summed E-state index contributed by atoms with van der Waals surface area (Å²) in [6.07, 6.45) is 6.29. The Labute approximate surface area is 101 Å². The topological polar surface area (TPSA) is 15.3 Å². The lowest BCUT2D eigenvalue weighted by Gasteiger charge is -2.25. The van der Waals surface area contributed by atoms with Crippen LogP contribution in [0.15, 0.2) is 11.6 Å². The Morgan fingerprint density at radius 2 is 2.19 bits per heavy atom. The molecule has 0 bridgehead atoms. The van der Waals surface area contributed by atoms with Crippen molar-refractivity contribution in [1.82, 2.24) is 10.2 Å². The van der Waals surface area contributed by atoms with Crippen molar-refractivity contribution in [3.8, 4) is 0 Å². The average molecular weight is 224 g/mol. The molecule has 94 valence electrons. The van der Waals surface area contributed by atoms with Crippen molar-refractivity contribution in [1.29, 1.82) is 0 Å². The quantitative estimate of drug-likeness (QED) is 0.528. The predicted octanol–water partition coefficient (Wildman–Crippen LogP) is 2.66. The third-order valence-electron chi connectivity index (χ3n) is 3.15. The van der Waals surface area contributed by atoms with E-state index >= 15 is 0 Å². The zero-order valence-corrected chi connectivity index (χ0v) is 11.3. The molecular formula is C14H28N2. The summed E-state index contributed by atoms with van der Waals surface area (Å²) in [6, 6.07) is 0. The van der Waals surface area contributed by atoms with Crippen LogP contribution in [0.2, 0.25) is 0 Å². The van der Waals surface area contributed by atoms with Crippen molar-refractivity contribution < 1.29 is 0 Å². The minimum atomic E-state index is 0.773. The van der Waals surface area contributed by atoms with Crippen LogP contribution in [0.3, 0.4) is 0 Å². The molecule has 0 aromatic carbocycles. The lowest BCUT2D eigenvalue weighted by molar-refractivity contribution is 0.287. The first-order valence-corrected chi connectivity index (χ1v) is 6.77. The van der Waals surface area contributed by atoms with Gasteiger partial charge >= 0.3 is 0 Å². The molecule has 0 radical (unpaired) electrons. The Morgan fingerprint density at radius 1 is 1.38 bits per heavy atom. The van der Waals surface area contributed by atoms with Crippen LogP contribution in [0.1, 0.15) is 40.0 Å². The van der Waals surface area contributed by atoms with Crippen LogP contribution in [0.25, 0.3) is 0 Å². The molecule has 1 aliphatic heterocycles. The van der Waals surface area contributed by atoms with Gasteiger partial charge in [0.2, 0.25) is 0 Å². The summed E-state index contributed by atoms with van der Waals surface area (Å²) in [6.45, 7) is 12.8. The third-order valence-corrected chi connectivity index (χ3v) is 3.15. The molecule has 1 heterocycles. The first kappa shape index (κ1) is 13.7. The SMILES string of the molecule is CC1=CCN(CCCCNCC(C)C)CC1. The van der Waals surface area contributed by atoms with Gasteiger partial charge in [0.1, 0.15) is 0 Å². The summed E-state index contributed by atoms with van der Waals surface area (Å²) in [5.74, 6) is 0.773. The van der Waals surface area contributed by atoms with Gasteiger partial charge in [-0.2, -0.15) is 0 Å². The number of nitrogens with one attached hydrogen (secondary N) is 1. The zero-order valence-electron chi connectivity index (χ0n) is 11.3. The van der Waals surface area contributed by atoms with Crippen LogP contribution < -0.4 is 5.32 Å². The lowest BCUT2D eigenvalue weighted by atomic mass is 10.1. The standard InChI is InChI=1S/C14H28N2/c1-13(2)12-15-8-4-5-9-16-10-6-14(3)7-11-16/h6,13,15H,4-5,7-12H2,1-3H3. The molecule has 0 fully saturated rings. The highest BCUT2D eigenvalue weighted by atomic mass is 15.1. The highest BCUT2D eigenvalue weighted by molar-refractivity contribution is 5.03. The highest BCUT2D eigenvalue weighted by Crippen LogP contribution is 2.09. The van der Waals surface area contributed by atoms with Crippen LogP contribution >= 0.6 is 0 Å². The van der Waals surface area contributed by atoms with E-state index in [2.05, 4.69) is 37.1 Å². The van der Waals surface area contributed by atoms with Crippen molar-refractivity contribution in [2.45, 2.75) is 40.0 Å². The van der Waals surface area contributed by atoms with E-state index in [-0.39, 0.29) is 0 Å². The van der Waals surface area contributed by atoms with Gasteiger partial charge in [-0.15, -0.1) is 0 Å². The number of nitrogens with zero attached hydrogens (tertiary/aromatic N) is 1. The molecular weight excluding hydrogens is 196 g/mol. The van der Waals surface area contributed by atoms with Crippen LogP contribution in [-0.2, 0) is 0 Å². The van der Waals surface area contributed by atoms with Crippen LogP contribution in [0, 0.1) is 5.92 Å². The highest BCUT2D eigenvalue weighted by Gasteiger charge is 2.07. The van der Waals surface area contributed by atoms with E-state index in [9.17, 15) is 0 Å². The number of hydrogen-bond acceptors (Lipinski definition) is 2. The average Bonchev–Trinajstić information content (AvgIpc) is 2.25. The minimum Gasteiger partial charge on any atom is -0.316 e. The Kier molecular flexibility index (Phi) is 6.74. The van der Waals surface area contributed by atoms with E-state index in [0.29, 0.717) is 0 Å². The molecule has 2 heteroatoms. The summed E-state index contributed by atoms with van der Waals surface area (Å²) < 4.78 is 0. The molecule has 0 atom stereocenters. The van der Waals surface area contributed by atoms with Gasteiger partial charge in [-0.25, -0.2) is 0 Å². The summed E-state index contributed by atoms with van der Waals surface area (Å²) >= 11 is 0. The molecule has 0 aromatic rings. The molecule has 1 N–H and O–H groups in total. The second-order valence-electron chi connectivity index (χ2n) is 5.41. The molecule has 0 saturated heterocycles. The van der Waals surface area contributed by atoms with E-state index in [0.717, 1.165) is 12.5 Å². The second kappa shape index (κ2) is 7.86. The van der Waals surface area contributed by atoms with Crippen LogP contribution in [-0.4, -0.2) is 37.6 Å². The van der Waals surface area contributed by atoms with Crippen molar-refractivity contribution in [2.24, 2.45) is 5.92 Å². The van der Waals surface area contributed by atoms with Crippen LogP contribution in [0.4, 0.5) is 0 Å². The van der Waals surface area contributed by atoms with Crippen LogP contribution in [0.5, 0.6) is 0 Å². The Morgan fingerprint density at radius 3 is 2.81 bits per heavy atom. The van der Waals surface area contributed by atoms with Crippen molar-refractivity contribution in [2.75, 3.05) is 32.7 Å². The Balaban J connectivity index is 1.92. The molecule has 2 nitrogen and oxygen atoms in total. The summed E-state index contributed by atoms with van der Waals surface area (Å²) in [4.78, 5) is 2.56. The van der Waals surface area contributed by atoms with Gasteiger partial charge in [0.05, 0.1) is 0 Å². The van der Waals surface area contributed by atoms with Gasteiger partial charge in [0.25, 0.3) is 0 Å². The fourth-order valence-electron chi connectivity index (χ4n) is 1.99. The fraction of sp³-hybridized carbons (Fsp3) is 0.857. The van der Waals surface area contributed by atoms with Crippen molar-refractivity contribution in [3.05, 3.63) is 11.6 Å². The van der Waals surface area contributed by atoms with E-state index in [4.69, 9.17) is 0 Å². The molecule has 0 aromatic heterocycles. The predicted molar refractivity (Wildman–Crippen MR) is 71.8 cm³/mol. The first-order valence-electron chi connectivity index (χ1n) is 6.77. The molecule has 0 aliphatic carbocycles. The van der Waals surface area contributed by atoms with Gasteiger partial charge in [0.15, 0.2) is 0 Å².